The second kappa shape index (κ2) is 7.09. The molecule has 3 aromatic rings. The van der Waals surface area contributed by atoms with Crippen LogP contribution in [0.25, 0.3) is 11.3 Å². The van der Waals surface area contributed by atoms with Gasteiger partial charge in [0.15, 0.2) is 0 Å². The first-order valence-corrected chi connectivity index (χ1v) is 9.07. The number of nitrogens with zero attached hydrogens (tertiary/aromatic N) is 2. The van der Waals surface area contributed by atoms with Crippen LogP contribution in [0.4, 0.5) is 4.39 Å². The van der Waals surface area contributed by atoms with Crippen LogP contribution in [0.2, 0.25) is 0 Å². The molecule has 1 atom stereocenters. The average Bonchev–Trinajstić information content (AvgIpc) is 3.22. The molecule has 0 saturated heterocycles. The van der Waals surface area contributed by atoms with Crippen molar-refractivity contribution in [3.63, 3.8) is 0 Å². The SMILES string of the molecule is Cc1ccc(O)c(-c2n[nH]c3c2[C@@H](c2ccccc2F)N(CCCO)C3=O)c1. The molecule has 0 bridgehead atoms. The molecule has 7 heteroatoms. The number of phenols is 1. The van der Waals surface area contributed by atoms with E-state index in [1.165, 1.54) is 11.0 Å². The largest absolute Gasteiger partial charge is 0.507 e. The number of halogens is 1. The van der Waals surface area contributed by atoms with Crippen molar-refractivity contribution in [2.75, 3.05) is 13.2 Å². The van der Waals surface area contributed by atoms with Gasteiger partial charge in [0.05, 0.1) is 6.04 Å². The van der Waals surface area contributed by atoms with Crippen molar-refractivity contribution in [2.24, 2.45) is 0 Å². The molecule has 1 aliphatic rings. The van der Waals surface area contributed by atoms with E-state index in [1.54, 1.807) is 36.4 Å². The number of hydrogen-bond acceptors (Lipinski definition) is 4. The lowest BCUT2D eigenvalue weighted by atomic mass is 9.94. The molecule has 1 aliphatic heterocycles. The van der Waals surface area contributed by atoms with Crippen LogP contribution in [-0.4, -0.2) is 44.4 Å². The number of rotatable bonds is 5. The number of aryl methyl sites for hydroxylation is 1. The number of carbonyl (C=O) groups is 1. The van der Waals surface area contributed by atoms with E-state index in [4.69, 9.17) is 0 Å². The Balaban J connectivity index is 1.92. The van der Waals surface area contributed by atoms with Crippen LogP contribution in [-0.2, 0) is 0 Å². The second-order valence-electron chi connectivity index (χ2n) is 6.88. The molecule has 6 nitrogen and oxygen atoms in total. The quantitative estimate of drug-likeness (QED) is 0.633. The summed E-state index contributed by atoms with van der Waals surface area (Å²) in [4.78, 5) is 14.5. The van der Waals surface area contributed by atoms with Gasteiger partial charge in [0.1, 0.15) is 23.0 Å². The molecule has 3 N–H and O–H groups in total. The lowest BCUT2D eigenvalue weighted by Crippen LogP contribution is -2.31. The van der Waals surface area contributed by atoms with Gasteiger partial charge in [-0.2, -0.15) is 5.10 Å². The Hall–Kier alpha value is -3.19. The maximum absolute atomic E-state index is 14.7. The molecule has 144 valence electrons. The Labute approximate surface area is 161 Å². The van der Waals surface area contributed by atoms with Gasteiger partial charge in [0, 0.05) is 29.8 Å². The molecular weight excluding hydrogens is 361 g/mol. The van der Waals surface area contributed by atoms with Crippen LogP contribution >= 0.6 is 0 Å². The van der Waals surface area contributed by atoms with Crippen molar-refractivity contribution >= 4 is 5.91 Å². The van der Waals surface area contributed by atoms with Crippen molar-refractivity contribution in [1.29, 1.82) is 0 Å². The molecule has 0 radical (unpaired) electrons. The van der Waals surface area contributed by atoms with Crippen LogP contribution in [0, 0.1) is 12.7 Å². The number of H-pyrrole nitrogens is 1. The summed E-state index contributed by atoms with van der Waals surface area (Å²) >= 11 is 0. The second-order valence-corrected chi connectivity index (χ2v) is 6.88. The van der Waals surface area contributed by atoms with E-state index in [1.807, 2.05) is 6.92 Å². The molecule has 2 aromatic carbocycles. The molecule has 4 rings (SSSR count). The maximum Gasteiger partial charge on any atom is 0.273 e. The van der Waals surface area contributed by atoms with Gasteiger partial charge < -0.3 is 15.1 Å². The summed E-state index contributed by atoms with van der Waals surface area (Å²) in [6, 6.07) is 10.7. The minimum absolute atomic E-state index is 0.0356. The Morgan fingerprint density at radius 3 is 2.79 bits per heavy atom. The van der Waals surface area contributed by atoms with Crippen LogP contribution in [0.1, 0.15) is 39.6 Å². The number of aliphatic hydroxyl groups is 1. The summed E-state index contributed by atoms with van der Waals surface area (Å²) in [6.45, 7) is 2.09. The van der Waals surface area contributed by atoms with Gasteiger partial charge in [0.2, 0.25) is 0 Å². The maximum atomic E-state index is 14.7. The number of hydrogen-bond donors (Lipinski definition) is 3. The lowest BCUT2D eigenvalue weighted by Gasteiger charge is -2.26. The number of aliphatic hydroxyl groups excluding tert-OH is 1. The lowest BCUT2D eigenvalue weighted by molar-refractivity contribution is 0.0730. The molecule has 28 heavy (non-hydrogen) atoms. The first-order valence-electron chi connectivity index (χ1n) is 9.07. The van der Waals surface area contributed by atoms with Gasteiger partial charge in [-0.1, -0.05) is 29.8 Å². The van der Waals surface area contributed by atoms with Crippen molar-refractivity contribution in [1.82, 2.24) is 15.1 Å². The Kier molecular flexibility index (Phi) is 4.60. The van der Waals surface area contributed by atoms with Crippen molar-refractivity contribution in [3.8, 4) is 17.0 Å². The molecule has 0 saturated carbocycles. The highest BCUT2D eigenvalue weighted by molar-refractivity contribution is 6.00. The fourth-order valence-corrected chi connectivity index (χ4v) is 3.73. The molecular formula is C21H20FN3O3. The molecule has 0 spiro atoms. The van der Waals surface area contributed by atoms with Gasteiger partial charge in [-0.25, -0.2) is 4.39 Å². The van der Waals surface area contributed by atoms with Gasteiger partial charge in [-0.05, 0) is 31.5 Å². The van der Waals surface area contributed by atoms with Gasteiger partial charge >= 0.3 is 0 Å². The Morgan fingerprint density at radius 2 is 2.04 bits per heavy atom. The standard InChI is InChI=1S/C21H20FN3O3/c1-12-7-8-16(27)14(11-12)18-17-19(24-23-18)21(28)25(9-4-10-26)20(17)13-5-2-3-6-15(13)22/h2-3,5-8,11,20,26-27H,4,9-10H2,1H3,(H,23,24)/t20-/m1/s1. The fourth-order valence-electron chi connectivity index (χ4n) is 3.73. The smallest absolute Gasteiger partial charge is 0.273 e. The topological polar surface area (TPSA) is 89.5 Å². The highest BCUT2D eigenvalue weighted by atomic mass is 19.1. The molecule has 0 unspecified atom stereocenters. The molecule has 1 aromatic heterocycles. The van der Waals surface area contributed by atoms with Crippen LogP contribution in [0.15, 0.2) is 42.5 Å². The summed E-state index contributed by atoms with van der Waals surface area (Å²) in [5.74, 6) is -0.696. The van der Waals surface area contributed by atoms with Crippen LogP contribution in [0.3, 0.4) is 0 Å². The number of phenolic OH excluding ortho intramolecular Hbond substituents is 1. The van der Waals surface area contributed by atoms with E-state index in [-0.39, 0.29) is 30.5 Å². The third-order valence-corrected chi connectivity index (χ3v) is 5.03. The number of aromatic amines is 1. The first-order chi connectivity index (χ1) is 13.5. The van der Waals surface area contributed by atoms with Gasteiger partial charge in [-0.3, -0.25) is 9.89 Å². The number of aromatic hydroxyl groups is 1. The zero-order valence-corrected chi connectivity index (χ0v) is 15.3. The molecule has 0 aliphatic carbocycles. The molecule has 0 fully saturated rings. The number of carbonyl (C=O) groups excluding carboxylic acids is 1. The average molecular weight is 381 g/mol. The Bertz CT molecular complexity index is 1050. The number of fused-ring (bicyclic) bond motifs is 1. The van der Waals surface area contributed by atoms with E-state index in [2.05, 4.69) is 10.2 Å². The van der Waals surface area contributed by atoms with Gasteiger partial charge in [-0.15, -0.1) is 0 Å². The highest BCUT2D eigenvalue weighted by Crippen LogP contribution is 2.45. The minimum Gasteiger partial charge on any atom is -0.507 e. The predicted molar refractivity (Wildman–Crippen MR) is 101 cm³/mol. The number of amides is 1. The first kappa shape index (κ1) is 18.2. The molecule has 1 amide bonds. The number of nitrogens with one attached hydrogen (secondary N) is 1. The zero-order valence-electron chi connectivity index (χ0n) is 15.3. The van der Waals surface area contributed by atoms with E-state index in [0.29, 0.717) is 28.8 Å². The number of aromatic nitrogens is 2. The Morgan fingerprint density at radius 1 is 1.25 bits per heavy atom. The van der Waals surface area contributed by atoms with Crippen LogP contribution in [0.5, 0.6) is 5.75 Å². The summed E-state index contributed by atoms with van der Waals surface area (Å²) in [5.41, 5.74) is 2.99. The third-order valence-electron chi connectivity index (χ3n) is 5.03. The predicted octanol–water partition coefficient (Wildman–Crippen LogP) is 3.16. The van der Waals surface area contributed by atoms with Crippen LogP contribution < -0.4 is 0 Å². The minimum atomic E-state index is -0.691. The summed E-state index contributed by atoms with van der Waals surface area (Å²) in [7, 11) is 0. The van der Waals surface area contributed by atoms with Crippen molar-refractivity contribution in [2.45, 2.75) is 19.4 Å². The zero-order chi connectivity index (χ0) is 19.8. The van der Waals surface area contributed by atoms with E-state index >= 15 is 0 Å². The van der Waals surface area contributed by atoms with E-state index in [0.717, 1.165) is 5.56 Å². The fraction of sp³-hybridized carbons (Fsp3) is 0.238. The third kappa shape index (κ3) is 2.84. The monoisotopic (exact) mass is 381 g/mol. The molecule has 2 heterocycles. The highest BCUT2D eigenvalue weighted by Gasteiger charge is 2.43. The normalized spacial score (nSPS) is 15.9. The van der Waals surface area contributed by atoms with Gasteiger partial charge in [0.25, 0.3) is 5.91 Å². The van der Waals surface area contributed by atoms with Crippen molar-refractivity contribution in [3.05, 3.63) is 70.7 Å². The summed E-state index contributed by atoms with van der Waals surface area (Å²) in [5, 5.41) is 26.6. The van der Waals surface area contributed by atoms with E-state index < -0.39 is 11.9 Å². The van der Waals surface area contributed by atoms with E-state index in [9.17, 15) is 19.4 Å². The number of benzene rings is 2. The summed E-state index contributed by atoms with van der Waals surface area (Å²) in [6.07, 6.45) is 0.374. The van der Waals surface area contributed by atoms with Crippen molar-refractivity contribution < 1.29 is 19.4 Å². The summed E-state index contributed by atoms with van der Waals surface area (Å²) < 4.78 is 14.7.